The van der Waals surface area contributed by atoms with Gasteiger partial charge in [0.2, 0.25) is 17.6 Å². The Morgan fingerprint density at radius 1 is 1.18 bits per heavy atom. The zero-order valence-electron chi connectivity index (χ0n) is 12.2. The number of anilines is 1. The summed E-state index contributed by atoms with van der Waals surface area (Å²) in [6.07, 6.45) is 3.11. The number of methoxy groups -OCH3 is 2. The third-order valence-electron chi connectivity index (χ3n) is 4.62. The molecule has 1 aromatic carbocycles. The van der Waals surface area contributed by atoms with Gasteiger partial charge >= 0.3 is 0 Å². The second kappa shape index (κ2) is 4.41. The molecule has 0 N–H and O–H groups in total. The highest BCUT2D eigenvalue weighted by Crippen LogP contribution is 2.53. The second-order valence-corrected chi connectivity index (χ2v) is 5.55. The molecule has 1 aromatic rings. The third-order valence-corrected chi connectivity index (χ3v) is 4.62. The molecule has 114 valence electrons. The number of hydrogen-bond acceptors (Lipinski definition) is 5. The van der Waals surface area contributed by atoms with Crippen molar-refractivity contribution in [1.29, 1.82) is 0 Å². The highest BCUT2D eigenvalue weighted by Gasteiger charge is 2.68. The number of nitrogens with zero attached hydrogens (tertiary/aromatic N) is 1. The summed E-state index contributed by atoms with van der Waals surface area (Å²) in [5.41, 5.74) is 0.458. The van der Waals surface area contributed by atoms with E-state index in [1.165, 1.54) is 19.1 Å². The minimum absolute atomic E-state index is 0.271. The van der Waals surface area contributed by atoms with E-state index in [4.69, 9.17) is 14.2 Å². The van der Waals surface area contributed by atoms with Crippen LogP contribution in [0.1, 0.15) is 0 Å². The molecule has 3 heterocycles. The molecule has 3 aliphatic rings. The number of amides is 2. The first-order chi connectivity index (χ1) is 10.6. The molecule has 2 fully saturated rings. The van der Waals surface area contributed by atoms with Crippen LogP contribution in [0, 0.1) is 11.8 Å². The lowest BCUT2D eigenvalue weighted by Crippen LogP contribution is -2.42. The molecule has 0 radical (unpaired) electrons. The van der Waals surface area contributed by atoms with Crippen molar-refractivity contribution in [3.8, 4) is 5.75 Å². The maximum Gasteiger partial charge on any atom is 0.243 e. The van der Waals surface area contributed by atoms with Crippen LogP contribution in [0.3, 0.4) is 0 Å². The number of fused-ring (bicyclic) bond motifs is 5. The molecule has 4 atom stereocenters. The first-order valence-electron chi connectivity index (χ1n) is 7.06. The molecule has 2 saturated heterocycles. The molecule has 0 saturated carbocycles. The summed E-state index contributed by atoms with van der Waals surface area (Å²) in [5, 5.41) is 0. The Kier molecular flexibility index (Phi) is 2.70. The molecular formula is C16H15NO5. The molecule has 22 heavy (non-hydrogen) atoms. The van der Waals surface area contributed by atoms with Crippen molar-refractivity contribution in [3.63, 3.8) is 0 Å². The number of imide groups is 1. The van der Waals surface area contributed by atoms with Crippen LogP contribution in [0.25, 0.3) is 0 Å². The van der Waals surface area contributed by atoms with Crippen molar-refractivity contribution >= 4 is 17.5 Å². The Morgan fingerprint density at radius 2 is 1.95 bits per heavy atom. The van der Waals surface area contributed by atoms with Gasteiger partial charge in [0, 0.05) is 7.11 Å². The van der Waals surface area contributed by atoms with Crippen molar-refractivity contribution in [2.75, 3.05) is 19.1 Å². The van der Waals surface area contributed by atoms with Crippen LogP contribution in [-0.2, 0) is 19.1 Å². The van der Waals surface area contributed by atoms with Gasteiger partial charge in [-0.15, -0.1) is 0 Å². The van der Waals surface area contributed by atoms with Crippen LogP contribution in [0.15, 0.2) is 36.4 Å². The number of ether oxygens (including phenoxy) is 3. The normalized spacial score (nSPS) is 35.4. The standard InChI is InChI=1S/C16H15NO5/c1-20-10-6-4-3-5-9(10)17-14(18)12-11-7-8-16(21-2,22-11)13(12)15(17)19/h3-8,11-13H,1-2H3/t11-,12+,13-,16-/m1/s1. The fourth-order valence-corrected chi connectivity index (χ4v) is 3.63. The first kappa shape index (κ1) is 13.5. The summed E-state index contributed by atoms with van der Waals surface area (Å²) in [6.45, 7) is 0. The Balaban J connectivity index is 1.80. The minimum atomic E-state index is -1.13. The average molecular weight is 301 g/mol. The molecule has 0 unspecified atom stereocenters. The summed E-state index contributed by atoms with van der Waals surface area (Å²) in [7, 11) is 2.99. The number of para-hydroxylation sites is 2. The number of carbonyl (C=O) groups is 2. The summed E-state index contributed by atoms with van der Waals surface area (Å²) in [5.74, 6) is -2.41. The molecule has 6 heteroatoms. The average Bonchev–Trinajstić information content (AvgIpc) is 3.18. The Morgan fingerprint density at radius 3 is 2.68 bits per heavy atom. The fraction of sp³-hybridized carbons (Fsp3) is 0.375. The number of hydrogen-bond donors (Lipinski definition) is 0. The van der Waals surface area contributed by atoms with E-state index in [0.29, 0.717) is 11.4 Å². The van der Waals surface area contributed by atoms with Crippen LogP contribution in [-0.4, -0.2) is 37.9 Å². The third kappa shape index (κ3) is 1.46. The van der Waals surface area contributed by atoms with Crippen LogP contribution < -0.4 is 9.64 Å². The van der Waals surface area contributed by atoms with Crippen molar-refractivity contribution < 1.29 is 23.8 Å². The van der Waals surface area contributed by atoms with E-state index in [-0.39, 0.29) is 11.8 Å². The van der Waals surface area contributed by atoms with Gasteiger partial charge in [0.05, 0.1) is 24.8 Å². The van der Waals surface area contributed by atoms with Gasteiger partial charge in [0.15, 0.2) is 0 Å². The number of rotatable bonds is 3. The summed E-state index contributed by atoms with van der Waals surface area (Å²) >= 11 is 0. The lowest BCUT2D eigenvalue weighted by Gasteiger charge is -2.27. The van der Waals surface area contributed by atoms with Crippen molar-refractivity contribution in [2.24, 2.45) is 11.8 Å². The largest absolute Gasteiger partial charge is 0.495 e. The van der Waals surface area contributed by atoms with Crippen LogP contribution in [0.5, 0.6) is 5.75 Å². The molecule has 0 aromatic heterocycles. The molecule has 2 bridgehead atoms. The fourth-order valence-electron chi connectivity index (χ4n) is 3.63. The van der Waals surface area contributed by atoms with Gasteiger partial charge in [-0.1, -0.05) is 18.2 Å². The smallest absolute Gasteiger partial charge is 0.243 e. The van der Waals surface area contributed by atoms with E-state index in [0.717, 1.165) is 0 Å². The molecule has 6 nitrogen and oxygen atoms in total. The monoisotopic (exact) mass is 301 g/mol. The van der Waals surface area contributed by atoms with Gasteiger partial charge in [-0.25, -0.2) is 4.90 Å². The number of benzene rings is 1. The van der Waals surface area contributed by atoms with Crippen molar-refractivity contribution in [2.45, 2.75) is 11.9 Å². The maximum absolute atomic E-state index is 12.9. The van der Waals surface area contributed by atoms with Crippen molar-refractivity contribution in [3.05, 3.63) is 36.4 Å². The molecule has 0 aliphatic carbocycles. The summed E-state index contributed by atoms with van der Waals surface area (Å²) in [6, 6.07) is 6.98. The van der Waals surface area contributed by atoms with E-state index in [9.17, 15) is 9.59 Å². The predicted octanol–water partition coefficient (Wildman–Crippen LogP) is 1.11. The molecule has 2 amide bonds. The minimum Gasteiger partial charge on any atom is -0.495 e. The van der Waals surface area contributed by atoms with Gasteiger partial charge in [0.25, 0.3) is 0 Å². The van der Waals surface area contributed by atoms with Crippen LogP contribution in [0.4, 0.5) is 5.69 Å². The van der Waals surface area contributed by atoms with Gasteiger partial charge < -0.3 is 14.2 Å². The van der Waals surface area contributed by atoms with Crippen molar-refractivity contribution in [1.82, 2.24) is 0 Å². The van der Waals surface area contributed by atoms with E-state index in [1.54, 1.807) is 36.4 Å². The van der Waals surface area contributed by atoms with E-state index >= 15 is 0 Å². The van der Waals surface area contributed by atoms with Gasteiger partial charge in [0.1, 0.15) is 11.7 Å². The lowest BCUT2D eigenvalue weighted by molar-refractivity contribution is -0.181. The molecule has 4 rings (SSSR count). The zero-order valence-corrected chi connectivity index (χ0v) is 12.2. The Bertz CT molecular complexity index is 700. The Labute approximate surface area is 127 Å². The van der Waals surface area contributed by atoms with E-state index < -0.39 is 23.7 Å². The molecular weight excluding hydrogens is 286 g/mol. The predicted molar refractivity (Wildman–Crippen MR) is 76.2 cm³/mol. The van der Waals surface area contributed by atoms with E-state index in [1.807, 2.05) is 0 Å². The van der Waals surface area contributed by atoms with E-state index in [2.05, 4.69) is 0 Å². The second-order valence-electron chi connectivity index (χ2n) is 5.55. The Hall–Kier alpha value is -2.18. The number of carbonyl (C=O) groups excluding carboxylic acids is 2. The lowest BCUT2D eigenvalue weighted by atomic mass is 9.83. The van der Waals surface area contributed by atoms with Crippen LogP contribution >= 0.6 is 0 Å². The molecule has 3 aliphatic heterocycles. The summed E-state index contributed by atoms with van der Waals surface area (Å²) < 4.78 is 16.4. The zero-order chi connectivity index (χ0) is 15.5. The SMILES string of the molecule is COc1ccccc1N1C(=O)[C@H]2[C@H]3C=C[C@@](OC)(O3)[C@H]2C1=O. The molecule has 0 spiro atoms. The van der Waals surface area contributed by atoms with Gasteiger partial charge in [-0.2, -0.15) is 0 Å². The highest BCUT2D eigenvalue weighted by atomic mass is 16.7. The summed E-state index contributed by atoms with van der Waals surface area (Å²) in [4.78, 5) is 26.9. The first-order valence-corrected chi connectivity index (χ1v) is 7.06. The quantitative estimate of drug-likeness (QED) is 0.618. The highest BCUT2D eigenvalue weighted by molar-refractivity contribution is 6.23. The van der Waals surface area contributed by atoms with Gasteiger partial charge in [-0.3, -0.25) is 9.59 Å². The maximum atomic E-state index is 12.9. The van der Waals surface area contributed by atoms with Gasteiger partial charge in [-0.05, 0) is 18.2 Å². The topological polar surface area (TPSA) is 65.1 Å². The van der Waals surface area contributed by atoms with Crippen LogP contribution in [0.2, 0.25) is 0 Å².